The van der Waals surface area contributed by atoms with E-state index in [1.165, 1.54) is 33.4 Å². The van der Waals surface area contributed by atoms with Gasteiger partial charge in [-0.15, -0.1) is 0 Å². The lowest BCUT2D eigenvalue weighted by atomic mass is 9.67. The number of nitrogens with two attached hydrogens (primary N) is 2. The summed E-state index contributed by atoms with van der Waals surface area (Å²) < 4.78 is 0. The fourth-order valence-corrected chi connectivity index (χ4v) is 4.66. The van der Waals surface area contributed by atoms with E-state index in [1.807, 2.05) is 24.3 Å². The van der Waals surface area contributed by atoms with Gasteiger partial charge in [-0.1, -0.05) is 72.8 Å². The number of nitrogen functional groups attached to an aromatic ring is 2. The number of nitrogens with one attached hydrogen (secondary N) is 2. The van der Waals surface area contributed by atoms with E-state index in [-0.39, 0.29) is 0 Å². The van der Waals surface area contributed by atoms with Gasteiger partial charge in [-0.2, -0.15) is 0 Å². The van der Waals surface area contributed by atoms with Crippen LogP contribution >= 0.6 is 0 Å². The van der Waals surface area contributed by atoms with E-state index in [4.69, 9.17) is 11.7 Å². The lowest BCUT2D eigenvalue weighted by molar-refractivity contribution is 0.768. The van der Waals surface area contributed by atoms with Crippen LogP contribution in [-0.4, -0.2) is 0 Å². The zero-order valence-corrected chi connectivity index (χ0v) is 15.9. The van der Waals surface area contributed by atoms with Gasteiger partial charge in [-0.3, -0.25) is 11.7 Å². The molecule has 142 valence electrons. The summed E-state index contributed by atoms with van der Waals surface area (Å²) in [4.78, 5) is 0. The summed E-state index contributed by atoms with van der Waals surface area (Å²) in [6.07, 6.45) is 0. The second-order valence-electron chi connectivity index (χ2n) is 7.28. The minimum Gasteiger partial charge on any atom is -0.324 e. The molecule has 0 saturated carbocycles. The Labute approximate surface area is 170 Å². The van der Waals surface area contributed by atoms with Crippen molar-refractivity contribution in [2.24, 2.45) is 11.7 Å². The molecule has 4 nitrogen and oxygen atoms in total. The summed E-state index contributed by atoms with van der Waals surface area (Å²) >= 11 is 0. The summed E-state index contributed by atoms with van der Waals surface area (Å²) in [5.41, 5.74) is 14.3. The Morgan fingerprint density at radius 3 is 1.24 bits per heavy atom. The number of hydrazine groups is 2. The number of hydrogen-bond donors (Lipinski definition) is 4. The van der Waals surface area contributed by atoms with Crippen LogP contribution in [0.4, 0.5) is 11.4 Å². The lowest BCUT2D eigenvalue weighted by Gasteiger charge is -2.34. The van der Waals surface area contributed by atoms with E-state index in [2.05, 4.69) is 83.6 Å². The Morgan fingerprint density at radius 2 is 0.862 bits per heavy atom. The van der Waals surface area contributed by atoms with Gasteiger partial charge < -0.3 is 10.9 Å². The topological polar surface area (TPSA) is 76.1 Å². The zero-order chi connectivity index (χ0) is 19.8. The molecule has 6 N–H and O–H groups in total. The summed E-state index contributed by atoms with van der Waals surface area (Å²) in [6.45, 7) is 0. The summed E-state index contributed by atoms with van der Waals surface area (Å²) in [5.74, 6) is 11.2. The molecule has 0 fully saturated rings. The van der Waals surface area contributed by atoms with Gasteiger partial charge in [0.15, 0.2) is 0 Å². The molecule has 5 rings (SSSR count). The highest BCUT2D eigenvalue weighted by Crippen LogP contribution is 2.56. The fraction of sp³-hybridized carbons (Fsp3) is 0.0400. The van der Waals surface area contributed by atoms with Gasteiger partial charge in [-0.05, 0) is 57.6 Å². The highest BCUT2D eigenvalue weighted by atomic mass is 15.2. The van der Waals surface area contributed by atoms with Crippen molar-refractivity contribution in [3.63, 3.8) is 0 Å². The van der Waals surface area contributed by atoms with Crippen LogP contribution in [0.15, 0.2) is 97.1 Å². The predicted octanol–water partition coefficient (Wildman–Crippen LogP) is 4.62. The maximum absolute atomic E-state index is 5.61. The smallest absolute Gasteiger partial charge is 0.0713 e. The standard InChI is InChI=1S/C25H22N4/c26-28-19-13-9-17(10-14-19)25(18-11-15-20(29-27)16-12-18)23-7-3-1-5-21(23)22-6-2-4-8-24(22)25/h1-16,28-29H,26-27H2. The Kier molecular flexibility index (Phi) is 4.09. The Balaban J connectivity index is 1.88. The van der Waals surface area contributed by atoms with E-state index in [0.29, 0.717) is 0 Å². The van der Waals surface area contributed by atoms with Gasteiger partial charge in [0.25, 0.3) is 0 Å². The average Bonchev–Trinajstić information content (AvgIpc) is 3.11. The quantitative estimate of drug-likeness (QED) is 0.272. The first kappa shape index (κ1) is 17.5. The third kappa shape index (κ3) is 2.47. The number of benzene rings is 4. The summed E-state index contributed by atoms with van der Waals surface area (Å²) in [5, 5.41) is 0. The molecule has 1 aliphatic carbocycles. The van der Waals surface area contributed by atoms with Crippen LogP contribution in [0.1, 0.15) is 22.3 Å². The molecule has 4 aromatic rings. The van der Waals surface area contributed by atoms with Crippen molar-refractivity contribution in [2.75, 3.05) is 10.9 Å². The van der Waals surface area contributed by atoms with Crippen molar-refractivity contribution in [3.05, 3.63) is 119 Å². The van der Waals surface area contributed by atoms with Crippen LogP contribution in [0, 0.1) is 0 Å². The maximum Gasteiger partial charge on any atom is 0.0713 e. The molecule has 0 spiro atoms. The molecule has 0 saturated heterocycles. The number of fused-ring (bicyclic) bond motifs is 3. The highest BCUT2D eigenvalue weighted by Gasteiger charge is 2.45. The molecule has 0 amide bonds. The van der Waals surface area contributed by atoms with Gasteiger partial charge in [-0.25, -0.2) is 0 Å². The van der Waals surface area contributed by atoms with Crippen molar-refractivity contribution in [2.45, 2.75) is 5.41 Å². The number of anilines is 2. The first-order valence-corrected chi connectivity index (χ1v) is 9.62. The molecular formula is C25H22N4. The Bertz CT molecular complexity index is 1070. The Hall–Kier alpha value is -3.60. The van der Waals surface area contributed by atoms with Crippen molar-refractivity contribution in [1.29, 1.82) is 0 Å². The second kappa shape index (κ2) is 6.78. The van der Waals surface area contributed by atoms with E-state index in [1.54, 1.807) is 0 Å². The third-order valence-corrected chi connectivity index (χ3v) is 5.92. The number of hydrogen-bond acceptors (Lipinski definition) is 4. The van der Waals surface area contributed by atoms with Crippen LogP contribution in [-0.2, 0) is 5.41 Å². The molecule has 0 heterocycles. The summed E-state index contributed by atoms with van der Waals surface area (Å²) in [7, 11) is 0. The molecule has 0 atom stereocenters. The van der Waals surface area contributed by atoms with E-state index in [9.17, 15) is 0 Å². The third-order valence-electron chi connectivity index (χ3n) is 5.92. The predicted molar refractivity (Wildman–Crippen MR) is 119 cm³/mol. The van der Waals surface area contributed by atoms with Crippen LogP contribution in [0.2, 0.25) is 0 Å². The molecule has 0 radical (unpaired) electrons. The SMILES string of the molecule is NNc1ccc(C2(c3ccc(NN)cc3)c3ccccc3-c3ccccc32)cc1. The zero-order valence-electron chi connectivity index (χ0n) is 15.9. The molecule has 0 bridgehead atoms. The van der Waals surface area contributed by atoms with Crippen molar-refractivity contribution in [3.8, 4) is 11.1 Å². The number of rotatable bonds is 4. The first-order valence-electron chi connectivity index (χ1n) is 9.62. The molecular weight excluding hydrogens is 356 g/mol. The molecule has 0 unspecified atom stereocenters. The van der Waals surface area contributed by atoms with Gasteiger partial charge in [0.1, 0.15) is 0 Å². The fourth-order valence-electron chi connectivity index (χ4n) is 4.66. The van der Waals surface area contributed by atoms with Crippen molar-refractivity contribution >= 4 is 11.4 Å². The molecule has 0 aromatic heterocycles. The Morgan fingerprint density at radius 1 is 0.483 bits per heavy atom. The van der Waals surface area contributed by atoms with Crippen LogP contribution < -0.4 is 22.5 Å². The van der Waals surface area contributed by atoms with E-state index < -0.39 is 5.41 Å². The molecule has 4 heteroatoms. The molecule has 0 aliphatic heterocycles. The largest absolute Gasteiger partial charge is 0.324 e. The van der Waals surface area contributed by atoms with E-state index in [0.717, 1.165) is 11.4 Å². The second-order valence-corrected chi connectivity index (χ2v) is 7.28. The van der Waals surface area contributed by atoms with Crippen molar-refractivity contribution < 1.29 is 0 Å². The van der Waals surface area contributed by atoms with Gasteiger partial charge in [0.2, 0.25) is 0 Å². The molecule has 29 heavy (non-hydrogen) atoms. The van der Waals surface area contributed by atoms with Crippen LogP contribution in [0.3, 0.4) is 0 Å². The van der Waals surface area contributed by atoms with Gasteiger partial charge >= 0.3 is 0 Å². The van der Waals surface area contributed by atoms with Crippen LogP contribution in [0.25, 0.3) is 11.1 Å². The minimum atomic E-state index is -0.409. The van der Waals surface area contributed by atoms with Crippen molar-refractivity contribution in [1.82, 2.24) is 0 Å². The molecule has 4 aromatic carbocycles. The normalized spacial score (nSPS) is 13.4. The van der Waals surface area contributed by atoms with Gasteiger partial charge in [0, 0.05) is 11.4 Å². The average molecular weight is 378 g/mol. The minimum absolute atomic E-state index is 0.409. The monoisotopic (exact) mass is 378 g/mol. The lowest BCUT2D eigenvalue weighted by Crippen LogP contribution is -2.28. The van der Waals surface area contributed by atoms with Crippen LogP contribution in [0.5, 0.6) is 0 Å². The molecule has 1 aliphatic rings. The first-order chi connectivity index (χ1) is 14.3. The van der Waals surface area contributed by atoms with E-state index >= 15 is 0 Å². The van der Waals surface area contributed by atoms with Gasteiger partial charge in [0.05, 0.1) is 5.41 Å². The highest BCUT2D eigenvalue weighted by molar-refractivity contribution is 5.86. The maximum atomic E-state index is 5.61. The summed E-state index contributed by atoms with van der Waals surface area (Å²) in [6, 6.07) is 34.1.